The summed E-state index contributed by atoms with van der Waals surface area (Å²) in [6.07, 6.45) is 2.48. The highest BCUT2D eigenvalue weighted by Crippen LogP contribution is 2.36. The molecule has 0 saturated carbocycles. The normalized spacial score (nSPS) is 19.6. The van der Waals surface area contributed by atoms with E-state index in [9.17, 15) is 14.4 Å². The van der Waals surface area contributed by atoms with Crippen LogP contribution in [0, 0.1) is 0 Å². The molecule has 0 aliphatic carbocycles. The van der Waals surface area contributed by atoms with Crippen LogP contribution < -0.4 is 21.7 Å². The van der Waals surface area contributed by atoms with Crippen LogP contribution in [0.15, 0.2) is 47.1 Å². The number of ether oxygens (including phenoxy) is 1. The van der Waals surface area contributed by atoms with Gasteiger partial charge in [0.2, 0.25) is 5.91 Å². The predicted octanol–water partition coefficient (Wildman–Crippen LogP) is 2.32. The largest absolute Gasteiger partial charge is 0.392 e. The first-order chi connectivity index (χ1) is 19.3. The fourth-order valence-electron chi connectivity index (χ4n) is 4.99. The second-order valence-corrected chi connectivity index (χ2v) is 11.4. The number of anilines is 1. The minimum absolute atomic E-state index is 0.0345. The van der Waals surface area contributed by atoms with E-state index in [1.165, 1.54) is 24.6 Å². The summed E-state index contributed by atoms with van der Waals surface area (Å²) < 4.78 is 5.06. The van der Waals surface area contributed by atoms with Gasteiger partial charge in [0.05, 0.1) is 6.61 Å². The second-order valence-electron chi connectivity index (χ2n) is 10.2. The third kappa shape index (κ3) is 7.26. The van der Waals surface area contributed by atoms with Crippen molar-refractivity contribution in [3.05, 3.63) is 52.7 Å². The first-order valence-electron chi connectivity index (χ1n) is 13.9. The van der Waals surface area contributed by atoms with Gasteiger partial charge in [0.1, 0.15) is 16.0 Å². The Hall–Kier alpha value is -3.28. The Labute approximate surface area is 240 Å². The lowest BCUT2D eigenvalue weighted by Crippen LogP contribution is -2.40. The van der Waals surface area contributed by atoms with Gasteiger partial charge in [0, 0.05) is 50.6 Å². The summed E-state index contributed by atoms with van der Waals surface area (Å²) in [5.41, 5.74) is 7.71. The molecule has 2 aromatic rings. The molecule has 2 atom stereocenters. The Morgan fingerprint density at radius 3 is 2.60 bits per heavy atom. The first kappa shape index (κ1) is 29.7. The van der Waals surface area contributed by atoms with Crippen molar-refractivity contribution in [3.63, 3.8) is 0 Å². The third-order valence-electron chi connectivity index (χ3n) is 7.13. The molecule has 3 amide bonds. The van der Waals surface area contributed by atoms with Crippen molar-refractivity contribution >= 4 is 45.9 Å². The number of carbonyl (C=O) groups is 3. The molecule has 2 aromatic carbocycles. The molecule has 5 N–H and O–H groups in total. The van der Waals surface area contributed by atoms with Gasteiger partial charge < -0.3 is 36.2 Å². The van der Waals surface area contributed by atoms with Crippen LogP contribution in [-0.4, -0.2) is 91.8 Å². The molecule has 4 rings (SSSR count). The van der Waals surface area contributed by atoms with Crippen molar-refractivity contribution in [1.82, 2.24) is 20.4 Å². The SMILES string of the molecule is CCN1C(=O)[C@@H](CNc2ccc3cc(C(=O)NCCN4CCCC4)ccc3c2)S/C1=C(/N)C(=O)NC(C)COC. The van der Waals surface area contributed by atoms with Crippen molar-refractivity contribution in [2.24, 2.45) is 5.73 Å². The molecule has 10 nitrogen and oxygen atoms in total. The number of fused-ring (bicyclic) bond motifs is 1. The lowest BCUT2D eigenvalue weighted by Gasteiger charge is -2.18. The molecule has 0 radical (unpaired) electrons. The topological polar surface area (TPSA) is 129 Å². The Morgan fingerprint density at radius 2 is 1.88 bits per heavy atom. The summed E-state index contributed by atoms with van der Waals surface area (Å²) in [5.74, 6) is -0.566. The van der Waals surface area contributed by atoms with Crippen molar-refractivity contribution in [2.75, 3.05) is 58.3 Å². The molecule has 2 saturated heterocycles. The number of methoxy groups -OCH3 is 1. The van der Waals surface area contributed by atoms with E-state index in [1.54, 1.807) is 12.0 Å². The van der Waals surface area contributed by atoms with Gasteiger partial charge in [-0.1, -0.05) is 23.9 Å². The van der Waals surface area contributed by atoms with Gasteiger partial charge in [-0.25, -0.2) is 0 Å². The maximum atomic E-state index is 13.1. The van der Waals surface area contributed by atoms with E-state index in [2.05, 4.69) is 20.9 Å². The van der Waals surface area contributed by atoms with Crippen molar-refractivity contribution in [3.8, 4) is 0 Å². The first-order valence-corrected chi connectivity index (χ1v) is 14.7. The summed E-state index contributed by atoms with van der Waals surface area (Å²) in [6.45, 7) is 8.61. The van der Waals surface area contributed by atoms with E-state index in [0.717, 1.165) is 36.1 Å². The van der Waals surface area contributed by atoms with Crippen LogP contribution in [0.25, 0.3) is 10.8 Å². The van der Waals surface area contributed by atoms with Gasteiger partial charge in [0.25, 0.3) is 11.8 Å². The van der Waals surface area contributed by atoms with Crippen LogP contribution in [0.1, 0.15) is 37.0 Å². The number of likely N-dealkylation sites (tertiary alicyclic amines) is 1. The average molecular weight is 569 g/mol. The van der Waals surface area contributed by atoms with Gasteiger partial charge in [-0.15, -0.1) is 0 Å². The van der Waals surface area contributed by atoms with E-state index < -0.39 is 11.2 Å². The number of hydrogen-bond acceptors (Lipinski definition) is 8. The fraction of sp³-hybridized carbons (Fsp3) is 0.483. The average Bonchev–Trinajstić information content (AvgIpc) is 3.58. The smallest absolute Gasteiger partial charge is 0.270 e. The molecule has 216 valence electrons. The van der Waals surface area contributed by atoms with Gasteiger partial charge in [-0.2, -0.15) is 0 Å². The highest BCUT2D eigenvalue weighted by atomic mass is 32.2. The number of nitrogens with zero attached hydrogens (tertiary/aromatic N) is 2. The standard InChI is InChI=1S/C29H40N6O4S/c1-4-35-28(38)24(40-29(35)25(30)27(37)33-19(2)18-39-3)17-32-23-10-9-20-15-22(8-7-21(20)16-23)26(36)31-11-14-34-12-5-6-13-34/h7-10,15-16,19,24,32H,4-6,11-14,17-18,30H2,1-3H3,(H,31,36)(H,33,37)/b29-25+/t19?,24-/m1/s1. The van der Waals surface area contributed by atoms with Crippen molar-refractivity contribution < 1.29 is 19.1 Å². The van der Waals surface area contributed by atoms with E-state index >= 15 is 0 Å². The fourth-order valence-corrected chi connectivity index (χ4v) is 6.22. The summed E-state index contributed by atoms with van der Waals surface area (Å²) >= 11 is 1.30. The number of thioether (sulfide) groups is 1. The quantitative estimate of drug-likeness (QED) is 0.287. The summed E-state index contributed by atoms with van der Waals surface area (Å²) in [7, 11) is 1.57. The van der Waals surface area contributed by atoms with Crippen LogP contribution in [0.3, 0.4) is 0 Å². The van der Waals surface area contributed by atoms with Gasteiger partial charge in [-0.3, -0.25) is 14.4 Å². The van der Waals surface area contributed by atoms with Crippen LogP contribution in [0.4, 0.5) is 5.69 Å². The Kier molecular flexibility index (Phi) is 10.3. The summed E-state index contributed by atoms with van der Waals surface area (Å²) in [4.78, 5) is 42.3. The van der Waals surface area contributed by atoms with Gasteiger partial charge in [0.15, 0.2) is 0 Å². The third-order valence-corrected chi connectivity index (χ3v) is 8.45. The molecule has 40 heavy (non-hydrogen) atoms. The minimum atomic E-state index is -0.417. The Morgan fingerprint density at radius 1 is 1.15 bits per heavy atom. The molecule has 2 heterocycles. The molecular weight excluding hydrogens is 528 g/mol. The Bertz CT molecular complexity index is 1260. The molecule has 2 aliphatic rings. The lowest BCUT2D eigenvalue weighted by atomic mass is 10.1. The van der Waals surface area contributed by atoms with E-state index in [-0.39, 0.29) is 23.6 Å². The number of nitrogens with one attached hydrogen (secondary N) is 3. The zero-order chi connectivity index (χ0) is 28.6. The number of carbonyl (C=O) groups excluding carboxylic acids is 3. The highest BCUT2D eigenvalue weighted by molar-refractivity contribution is 8.04. The second kappa shape index (κ2) is 13.9. The number of benzene rings is 2. The monoisotopic (exact) mass is 568 g/mol. The van der Waals surface area contributed by atoms with E-state index in [0.29, 0.717) is 36.8 Å². The number of rotatable bonds is 12. The predicted molar refractivity (Wildman–Crippen MR) is 160 cm³/mol. The maximum Gasteiger partial charge on any atom is 0.270 e. The highest BCUT2D eigenvalue weighted by Gasteiger charge is 2.38. The zero-order valence-electron chi connectivity index (χ0n) is 23.5. The number of hydrogen-bond donors (Lipinski definition) is 4. The molecule has 1 unspecified atom stereocenters. The molecule has 2 fully saturated rings. The van der Waals surface area contributed by atoms with Crippen LogP contribution in [0.2, 0.25) is 0 Å². The summed E-state index contributed by atoms with van der Waals surface area (Å²) in [6, 6.07) is 11.4. The Balaban J connectivity index is 1.35. The number of nitrogens with two attached hydrogens (primary N) is 1. The molecular formula is C29H40N6O4S. The molecule has 11 heteroatoms. The van der Waals surface area contributed by atoms with Crippen LogP contribution in [0.5, 0.6) is 0 Å². The number of amides is 3. The molecule has 0 bridgehead atoms. The van der Waals surface area contributed by atoms with Crippen LogP contribution in [-0.2, 0) is 14.3 Å². The van der Waals surface area contributed by atoms with Gasteiger partial charge >= 0.3 is 0 Å². The maximum absolute atomic E-state index is 13.1. The minimum Gasteiger partial charge on any atom is -0.392 e. The van der Waals surface area contributed by atoms with Crippen molar-refractivity contribution in [1.29, 1.82) is 0 Å². The molecule has 2 aliphatic heterocycles. The van der Waals surface area contributed by atoms with E-state index in [1.807, 2.05) is 50.2 Å². The lowest BCUT2D eigenvalue weighted by molar-refractivity contribution is -0.127. The van der Waals surface area contributed by atoms with Gasteiger partial charge in [-0.05, 0) is 74.8 Å². The molecule has 0 spiro atoms. The van der Waals surface area contributed by atoms with Crippen molar-refractivity contribution in [2.45, 2.75) is 38.0 Å². The summed E-state index contributed by atoms with van der Waals surface area (Å²) in [5, 5.41) is 11.2. The van der Waals surface area contributed by atoms with Crippen LogP contribution >= 0.6 is 11.8 Å². The van der Waals surface area contributed by atoms with E-state index in [4.69, 9.17) is 10.5 Å². The zero-order valence-corrected chi connectivity index (χ0v) is 24.3. The molecule has 0 aromatic heterocycles.